The summed E-state index contributed by atoms with van der Waals surface area (Å²) in [6.45, 7) is 0. The third-order valence-electron chi connectivity index (χ3n) is 2.38. The Kier molecular flexibility index (Phi) is 1.93. The van der Waals surface area contributed by atoms with Crippen molar-refractivity contribution >= 4 is 11.0 Å². The molecular weight excluding hydrogens is 205 g/mol. The largest absolute Gasteiger partial charge is 0.337 e. The maximum Gasteiger partial charge on any atom is 0.138 e. The Morgan fingerprint density at radius 3 is 2.94 bits per heavy atom. The average Bonchev–Trinajstić information content (AvgIpc) is 2.72. The van der Waals surface area contributed by atoms with Gasteiger partial charge in [0.1, 0.15) is 11.6 Å². The summed E-state index contributed by atoms with van der Waals surface area (Å²) < 4.78 is 13.1. The van der Waals surface area contributed by atoms with E-state index in [1.54, 1.807) is 18.5 Å². The molecule has 1 aromatic carbocycles. The molecule has 3 rings (SSSR count). The lowest BCUT2D eigenvalue weighted by atomic mass is 10.2. The van der Waals surface area contributed by atoms with Crippen molar-refractivity contribution in [3.63, 3.8) is 0 Å². The van der Waals surface area contributed by atoms with Crippen molar-refractivity contribution in [2.45, 2.75) is 0 Å². The minimum Gasteiger partial charge on any atom is -0.337 e. The topological polar surface area (TPSA) is 41.6 Å². The van der Waals surface area contributed by atoms with Crippen molar-refractivity contribution in [1.82, 2.24) is 15.0 Å². The molecule has 78 valence electrons. The lowest BCUT2D eigenvalue weighted by molar-refractivity contribution is 0.628. The van der Waals surface area contributed by atoms with Gasteiger partial charge < -0.3 is 4.98 Å². The van der Waals surface area contributed by atoms with Crippen LogP contribution in [0.4, 0.5) is 4.39 Å². The fraction of sp³-hybridized carbons (Fsp3) is 0. The molecule has 0 saturated carbocycles. The van der Waals surface area contributed by atoms with Crippen molar-refractivity contribution in [3.05, 3.63) is 48.5 Å². The number of aromatic nitrogens is 3. The van der Waals surface area contributed by atoms with Gasteiger partial charge in [-0.3, -0.25) is 4.98 Å². The van der Waals surface area contributed by atoms with E-state index in [1.165, 1.54) is 12.1 Å². The molecule has 2 aromatic heterocycles. The molecule has 0 spiro atoms. The zero-order valence-corrected chi connectivity index (χ0v) is 8.31. The van der Waals surface area contributed by atoms with Gasteiger partial charge >= 0.3 is 0 Å². The van der Waals surface area contributed by atoms with E-state index in [0.29, 0.717) is 5.82 Å². The number of benzene rings is 1. The second-order valence-electron chi connectivity index (χ2n) is 3.49. The molecule has 0 amide bonds. The molecular formula is C12H8FN3. The van der Waals surface area contributed by atoms with Gasteiger partial charge in [0, 0.05) is 11.8 Å². The number of nitrogens with zero attached hydrogens (tertiary/aromatic N) is 2. The fourth-order valence-corrected chi connectivity index (χ4v) is 1.63. The third kappa shape index (κ3) is 1.44. The molecule has 16 heavy (non-hydrogen) atoms. The summed E-state index contributed by atoms with van der Waals surface area (Å²) in [6, 6.07) is 8.15. The van der Waals surface area contributed by atoms with Crippen LogP contribution in [0.2, 0.25) is 0 Å². The Balaban J connectivity index is 2.19. The number of hydrogen-bond donors (Lipinski definition) is 1. The Hall–Kier alpha value is -2.23. The number of nitrogens with one attached hydrogen (secondary N) is 1. The molecule has 0 bridgehead atoms. The van der Waals surface area contributed by atoms with Crippen molar-refractivity contribution < 1.29 is 4.39 Å². The van der Waals surface area contributed by atoms with Crippen LogP contribution in [-0.4, -0.2) is 15.0 Å². The number of H-pyrrole nitrogens is 1. The molecule has 0 aliphatic rings. The van der Waals surface area contributed by atoms with E-state index < -0.39 is 0 Å². The van der Waals surface area contributed by atoms with Gasteiger partial charge in [-0.25, -0.2) is 9.37 Å². The van der Waals surface area contributed by atoms with E-state index in [9.17, 15) is 4.39 Å². The van der Waals surface area contributed by atoms with Crippen LogP contribution in [0.1, 0.15) is 0 Å². The van der Waals surface area contributed by atoms with Crippen LogP contribution in [0.3, 0.4) is 0 Å². The highest BCUT2D eigenvalue weighted by atomic mass is 19.1. The minimum atomic E-state index is -0.268. The number of hydrogen-bond acceptors (Lipinski definition) is 2. The number of fused-ring (bicyclic) bond motifs is 1. The van der Waals surface area contributed by atoms with Gasteiger partial charge in [0.15, 0.2) is 0 Å². The normalized spacial score (nSPS) is 10.8. The summed E-state index contributed by atoms with van der Waals surface area (Å²) in [6.07, 6.45) is 3.38. The van der Waals surface area contributed by atoms with Gasteiger partial charge in [0.05, 0.1) is 17.2 Å². The lowest BCUT2D eigenvalue weighted by Crippen LogP contribution is -1.81. The van der Waals surface area contributed by atoms with E-state index in [0.717, 1.165) is 16.6 Å². The minimum absolute atomic E-state index is 0.268. The van der Waals surface area contributed by atoms with Gasteiger partial charge in [0.2, 0.25) is 0 Å². The molecule has 0 fully saturated rings. The highest BCUT2D eigenvalue weighted by molar-refractivity contribution is 5.78. The van der Waals surface area contributed by atoms with Gasteiger partial charge in [0.25, 0.3) is 0 Å². The average molecular weight is 213 g/mol. The molecule has 0 saturated heterocycles. The Bertz CT molecular complexity index is 612. The third-order valence-corrected chi connectivity index (χ3v) is 2.38. The molecule has 0 aliphatic carbocycles. The van der Waals surface area contributed by atoms with Crippen molar-refractivity contribution in [2.24, 2.45) is 0 Å². The van der Waals surface area contributed by atoms with E-state index in [2.05, 4.69) is 15.0 Å². The first-order valence-corrected chi connectivity index (χ1v) is 4.88. The number of imidazole rings is 1. The summed E-state index contributed by atoms with van der Waals surface area (Å²) in [5.74, 6) is 0.388. The van der Waals surface area contributed by atoms with Gasteiger partial charge in [-0.1, -0.05) is 12.1 Å². The molecule has 0 unspecified atom stereocenters. The predicted molar refractivity (Wildman–Crippen MR) is 59.3 cm³/mol. The van der Waals surface area contributed by atoms with Crippen molar-refractivity contribution in [1.29, 1.82) is 0 Å². The Labute approximate surface area is 91.0 Å². The quantitative estimate of drug-likeness (QED) is 0.675. The van der Waals surface area contributed by atoms with Gasteiger partial charge in [-0.15, -0.1) is 0 Å². The van der Waals surface area contributed by atoms with Gasteiger partial charge in [-0.2, -0.15) is 0 Å². The summed E-state index contributed by atoms with van der Waals surface area (Å²) in [4.78, 5) is 11.5. The zero-order valence-electron chi connectivity index (χ0n) is 8.31. The summed E-state index contributed by atoms with van der Waals surface area (Å²) >= 11 is 0. The number of rotatable bonds is 1. The van der Waals surface area contributed by atoms with E-state index >= 15 is 0 Å². The highest BCUT2D eigenvalue weighted by Crippen LogP contribution is 2.20. The first kappa shape index (κ1) is 9.03. The van der Waals surface area contributed by atoms with Crippen LogP contribution in [0, 0.1) is 5.82 Å². The number of aromatic amines is 1. The number of halogens is 1. The molecule has 3 aromatic rings. The van der Waals surface area contributed by atoms with E-state index in [4.69, 9.17) is 0 Å². The first-order chi connectivity index (χ1) is 7.83. The van der Waals surface area contributed by atoms with Crippen LogP contribution in [0.5, 0.6) is 0 Å². The van der Waals surface area contributed by atoms with Crippen LogP contribution < -0.4 is 0 Å². The van der Waals surface area contributed by atoms with E-state index in [-0.39, 0.29) is 5.82 Å². The molecule has 0 atom stereocenters. The highest BCUT2D eigenvalue weighted by Gasteiger charge is 2.05. The Morgan fingerprint density at radius 2 is 2.12 bits per heavy atom. The van der Waals surface area contributed by atoms with Gasteiger partial charge in [-0.05, 0) is 18.2 Å². The molecule has 3 nitrogen and oxygen atoms in total. The molecule has 2 heterocycles. The van der Waals surface area contributed by atoms with Crippen LogP contribution in [-0.2, 0) is 0 Å². The maximum atomic E-state index is 13.1. The van der Waals surface area contributed by atoms with Crippen LogP contribution >= 0.6 is 0 Å². The second kappa shape index (κ2) is 3.41. The second-order valence-corrected chi connectivity index (χ2v) is 3.49. The summed E-state index contributed by atoms with van der Waals surface area (Å²) in [5.41, 5.74) is 2.41. The van der Waals surface area contributed by atoms with Crippen LogP contribution in [0.15, 0.2) is 42.7 Å². The fourth-order valence-electron chi connectivity index (χ4n) is 1.63. The SMILES string of the molecule is Fc1cccc(-c2nc3ccncc3[nH]2)c1. The molecule has 0 aliphatic heterocycles. The molecule has 0 radical (unpaired) electrons. The Morgan fingerprint density at radius 1 is 1.19 bits per heavy atom. The maximum absolute atomic E-state index is 13.1. The van der Waals surface area contributed by atoms with Crippen molar-refractivity contribution in [2.75, 3.05) is 0 Å². The first-order valence-electron chi connectivity index (χ1n) is 4.88. The zero-order chi connectivity index (χ0) is 11.0. The standard InChI is InChI=1S/C12H8FN3/c13-9-3-1-2-8(6-9)12-15-10-4-5-14-7-11(10)16-12/h1-7H,(H,15,16). The monoisotopic (exact) mass is 213 g/mol. The predicted octanol–water partition coefficient (Wildman–Crippen LogP) is 2.76. The van der Waals surface area contributed by atoms with Crippen molar-refractivity contribution in [3.8, 4) is 11.4 Å². The summed E-state index contributed by atoms with van der Waals surface area (Å²) in [5, 5.41) is 0. The van der Waals surface area contributed by atoms with Crippen LogP contribution in [0.25, 0.3) is 22.4 Å². The van der Waals surface area contributed by atoms with E-state index in [1.807, 2.05) is 12.1 Å². The number of pyridine rings is 1. The summed E-state index contributed by atoms with van der Waals surface area (Å²) in [7, 11) is 0. The lowest BCUT2D eigenvalue weighted by Gasteiger charge is -1.95. The molecule has 4 heteroatoms. The molecule has 1 N–H and O–H groups in total. The smallest absolute Gasteiger partial charge is 0.138 e.